The highest BCUT2D eigenvalue weighted by atomic mass is 16.5. The first-order chi connectivity index (χ1) is 13.2. The third kappa shape index (κ3) is 2.40. The van der Waals surface area contributed by atoms with Gasteiger partial charge in [0.05, 0.1) is 0 Å². The summed E-state index contributed by atoms with van der Waals surface area (Å²) in [6.07, 6.45) is 10.8. The summed E-state index contributed by atoms with van der Waals surface area (Å²) in [4.78, 5) is 13.9. The van der Waals surface area contributed by atoms with E-state index in [0.717, 1.165) is 62.8 Å². The van der Waals surface area contributed by atoms with E-state index < -0.39 is 0 Å². The van der Waals surface area contributed by atoms with Crippen molar-refractivity contribution in [2.45, 2.75) is 51.5 Å². The highest BCUT2D eigenvalue weighted by Crippen LogP contribution is 2.66. The molecule has 0 spiro atoms. The van der Waals surface area contributed by atoms with Crippen LogP contribution in [0.1, 0.15) is 55.3 Å². The Hall–Kier alpha value is -1.61. The summed E-state index contributed by atoms with van der Waals surface area (Å²) in [5.41, 5.74) is 2.22. The number of hydrogen-bond acceptors (Lipinski definition) is 2. The molecule has 0 amide bonds. The SMILES string of the molecule is O=C(c1cn(CC2CCOCC2)c2ccccc12)C12C[C@@H]3CC1C[C@@H](C3)C2. The van der Waals surface area contributed by atoms with Crippen LogP contribution in [-0.2, 0) is 11.3 Å². The standard InChI is InChI=1S/C24H29NO2/c26-23(24-12-17-9-18(13-24)11-19(24)10-17)21-15-25(14-16-5-7-27-8-6-16)22-4-2-1-3-20(21)22/h1-4,15-19H,5-14H2/t17-,18+,19?,24?. The topological polar surface area (TPSA) is 31.2 Å². The fourth-order valence-corrected chi connectivity index (χ4v) is 7.22. The maximum atomic E-state index is 13.9. The van der Waals surface area contributed by atoms with E-state index in [-0.39, 0.29) is 5.41 Å². The number of Topliss-reactive ketones (excluding diaryl/α,β-unsaturated/α-hetero) is 1. The highest BCUT2D eigenvalue weighted by Gasteiger charge is 2.61. The van der Waals surface area contributed by atoms with Gasteiger partial charge in [0.15, 0.2) is 5.78 Å². The van der Waals surface area contributed by atoms with E-state index in [1.807, 2.05) is 0 Å². The molecular weight excluding hydrogens is 334 g/mol. The number of ether oxygens (including phenoxy) is 1. The molecule has 4 bridgehead atoms. The van der Waals surface area contributed by atoms with E-state index in [9.17, 15) is 4.79 Å². The zero-order valence-electron chi connectivity index (χ0n) is 16.0. The molecule has 0 N–H and O–H groups in total. The summed E-state index contributed by atoms with van der Waals surface area (Å²) in [6, 6.07) is 8.56. The summed E-state index contributed by atoms with van der Waals surface area (Å²) < 4.78 is 7.90. The highest BCUT2D eigenvalue weighted by molar-refractivity contribution is 6.11. The van der Waals surface area contributed by atoms with Crippen molar-refractivity contribution in [3.8, 4) is 0 Å². The number of carbonyl (C=O) groups is 1. The molecule has 4 atom stereocenters. The van der Waals surface area contributed by atoms with Gasteiger partial charge in [-0.05, 0) is 74.7 Å². The first kappa shape index (κ1) is 16.4. The van der Waals surface area contributed by atoms with E-state index in [4.69, 9.17) is 4.74 Å². The molecule has 27 heavy (non-hydrogen) atoms. The predicted molar refractivity (Wildman–Crippen MR) is 106 cm³/mol. The molecule has 4 saturated carbocycles. The number of fused-ring (bicyclic) bond motifs is 1. The van der Waals surface area contributed by atoms with Crippen LogP contribution < -0.4 is 0 Å². The minimum absolute atomic E-state index is 0.0266. The van der Waals surface area contributed by atoms with Crippen molar-refractivity contribution in [3.05, 3.63) is 36.0 Å². The number of para-hydroxylation sites is 1. The first-order valence-corrected chi connectivity index (χ1v) is 10.9. The summed E-state index contributed by atoms with van der Waals surface area (Å²) in [5, 5.41) is 1.18. The second-order valence-electron chi connectivity index (χ2n) is 9.80. The lowest BCUT2D eigenvalue weighted by molar-refractivity contribution is 0.0615. The Labute approximate surface area is 161 Å². The van der Waals surface area contributed by atoms with Crippen LogP contribution in [-0.4, -0.2) is 23.6 Å². The Bertz CT molecular complexity index is 877. The van der Waals surface area contributed by atoms with E-state index >= 15 is 0 Å². The lowest BCUT2D eigenvalue weighted by Gasteiger charge is -2.31. The van der Waals surface area contributed by atoms with E-state index in [0.29, 0.717) is 17.6 Å². The summed E-state index contributed by atoms with van der Waals surface area (Å²) in [6.45, 7) is 2.77. The zero-order chi connectivity index (χ0) is 18.0. The van der Waals surface area contributed by atoms with Crippen LogP contribution in [0.15, 0.2) is 30.5 Å². The monoisotopic (exact) mass is 363 g/mol. The number of hydrogen-bond donors (Lipinski definition) is 0. The maximum Gasteiger partial charge on any atom is 0.171 e. The van der Waals surface area contributed by atoms with Crippen LogP contribution in [0.5, 0.6) is 0 Å². The van der Waals surface area contributed by atoms with E-state index in [2.05, 4.69) is 35.0 Å². The number of carbonyl (C=O) groups excluding carboxylic acids is 1. The van der Waals surface area contributed by atoms with Crippen LogP contribution in [0.4, 0.5) is 0 Å². The molecule has 3 nitrogen and oxygen atoms in total. The normalized spacial score (nSPS) is 35.3. The Morgan fingerprint density at radius 2 is 1.81 bits per heavy atom. The lowest BCUT2D eigenvalue weighted by Crippen LogP contribution is -2.32. The number of ketones is 1. The van der Waals surface area contributed by atoms with Crippen molar-refractivity contribution in [2.75, 3.05) is 13.2 Å². The van der Waals surface area contributed by atoms with Gasteiger partial charge in [0.2, 0.25) is 0 Å². The molecule has 0 radical (unpaired) electrons. The van der Waals surface area contributed by atoms with Crippen LogP contribution in [0.25, 0.3) is 10.9 Å². The molecule has 2 unspecified atom stereocenters. The Morgan fingerprint density at radius 3 is 2.59 bits per heavy atom. The molecule has 2 aromatic rings. The van der Waals surface area contributed by atoms with Crippen molar-refractivity contribution in [3.63, 3.8) is 0 Å². The van der Waals surface area contributed by atoms with Crippen LogP contribution in [0, 0.1) is 29.1 Å². The Kier molecular flexibility index (Phi) is 3.60. The molecule has 2 heterocycles. The predicted octanol–water partition coefficient (Wildman–Crippen LogP) is 5.08. The van der Waals surface area contributed by atoms with E-state index in [1.165, 1.54) is 30.2 Å². The molecule has 5 aliphatic rings. The number of nitrogens with zero attached hydrogens (tertiary/aromatic N) is 1. The fraction of sp³-hybridized carbons (Fsp3) is 0.625. The second kappa shape index (κ2) is 5.94. The zero-order valence-corrected chi connectivity index (χ0v) is 16.0. The van der Waals surface area contributed by atoms with Crippen molar-refractivity contribution in [1.29, 1.82) is 0 Å². The van der Waals surface area contributed by atoms with Crippen LogP contribution in [0.2, 0.25) is 0 Å². The molecule has 1 aromatic heterocycles. The van der Waals surface area contributed by atoms with Crippen molar-refractivity contribution < 1.29 is 9.53 Å². The third-order valence-corrected chi connectivity index (χ3v) is 8.27. The van der Waals surface area contributed by atoms with E-state index in [1.54, 1.807) is 0 Å². The maximum absolute atomic E-state index is 13.9. The fourth-order valence-electron chi connectivity index (χ4n) is 7.22. The Balaban J connectivity index is 1.39. The smallest absolute Gasteiger partial charge is 0.171 e. The van der Waals surface area contributed by atoms with Crippen molar-refractivity contribution in [2.24, 2.45) is 29.1 Å². The van der Waals surface area contributed by atoms with Crippen molar-refractivity contribution >= 4 is 16.7 Å². The molecule has 142 valence electrons. The van der Waals surface area contributed by atoms with Gasteiger partial charge in [0, 0.05) is 47.8 Å². The molecule has 7 rings (SSSR count). The molecule has 1 aliphatic heterocycles. The van der Waals surface area contributed by atoms with Gasteiger partial charge in [-0.15, -0.1) is 0 Å². The van der Waals surface area contributed by atoms with Crippen LogP contribution in [0.3, 0.4) is 0 Å². The lowest BCUT2D eigenvalue weighted by atomic mass is 9.71. The van der Waals surface area contributed by atoms with Gasteiger partial charge in [-0.25, -0.2) is 0 Å². The molecule has 3 heteroatoms. The number of rotatable bonds is 4. The number of benzene rings is 1. The van der Waals surface area contributed by atoms with Gasteiger partial charge < -0.3 is 9.30 Å². The van der Waals surface area contributed by atoms with Gasteiger partial charge in [0.25, 0.3) is 0 Å². The third-order valence-electron chi connectivity index (χ3n) is 8.27. The van der Waals surface area contributed by atoms with Crippen LogP contribution >= 0.6 is 0 Å². The largest absolute Gasteiger partial charge is 0.381 e. The average Bonchev–Trinajstić information content (AvgIpc) is 3.27. The Morgan fingerprint density at radius 1 is 1.07 bits per heavy atom. The minimum Gasteiger partial charge on any atom is -0.381 e. The molecular formula is C24H29NO2. The molecule has 1 aromatic carbocycles. The average molecular weight is 364 g/mol. The van der Waals surface area contributed by atoms with Gasteiger partial charge >= 0.3 is 0 Å². The second-order valence-corrected chi connectivity index (χ2v) is 9.80. The van der Waals surface area contributed by atoms with Gasteiger partial charge in [-0.1, -0.05) is 18.2 Å². The molecule has 5 fully saturated rings. The number of aromatic nitrogens is 1. The summed E-state index contributed by atoms with van der Waals surface area (Å²) in [5.74, 6) is 3.43. The molecule has 1 saturated heterocycles. The van der Waals surface area contributed by atoms with Gasteiger partial charge in [-0.3, -0.25) is 4.79 Å². The van der Waals surface area contributed by atoms with Gasteiger partial charge in [0.1, 0.15) is 0 Å². The minimum atomic E-state index is -0.0266. The van der Waals surface area contributed by atoms with Crippen molar-refractivity contribution in [1.82, 2.24) is 4.57 Å². The van der Waals surface area contributed by atoms with Gasteiger partial charge in [-0.2, -0.15) is 0 Å². The summed E-state index contributed by atoms with van der Waals surface area (Å²) in [7, 11) is 0. The quantitative estimate of drug-likeness (QED) is 0.710. The molecule has 4 aliphatic carbocycles. The summed E-state index contributed by atoms with van der Waals surface area (Å²) >= 11 is 0. The first-order valence-electron chi connectivity index (χ1n) is 10.9.